The summed E-state index contributed by atoms with van der Waals surface area (Å²) < 4.78 is 1.17. The monoisotopic (exact) mass is 296 g/mol. The summed E-state index contributed by atoms with van der Waals surface area (Å²) >= 11 is 6.47. The molecule has 2 aromatic heterocycles. The van der Waals surface area contributed by atoms with Gasteiger partial charge in [-0.1, -0.05) is 0 Å². The van der Waals surface area contributed by atoms with Crippen molar-refractivity contribution in [2.24, 2.45) is 0 Å². The first-order valence-corrected chi connectivity index (χ1v) is 7.01. The highest BCUT2D eigenvalue weighted by molar-refractivity contribution is 7.71. The number of nitrogen functional groups attached to an aromatic ring is 1. The predicted octanol–water partition coefficient (Wildman–Crippen LogP) is 0.739. The molecule has 0 spiro atoms. The Morgan fingerprint density at radius 3 is 2.95 bits per heavy atom. The van der Waals surface area contributed by atoms with E-state index >= 15 is 0 Å². The third kappa shape index (κ3) is 1.79. The quantitative estimate of drug-likeness (QED) is 0.555. The fourth-order valence-electron chi connectivity index (χ4n) is 2.36. The van der Waals surface area contributed by atoms with E-state index in [2.05, 4.69) is 4.98 Å². The first kappa shape index (κ1) is 12.4. The van der Waals surface area contributed by atoms with Gasteiger partial charge < -0.3 is 15.7 Å². The maximum Gasteiger partial charge on any atom is 0.281 e. The highest BCUT2D eigenvalue weighted by atomic mass is 32.1. The number of nitrogens with zero attached hydrogens (tertiary/aromatic N) is 2. The molecule has 2 aromatic rings. The second-order valence-electron chi connectivity index (χ2n) is 4.50. The van der Waals surface area contributed by atoms with Crippen molar-refractivity contribution >= 4 is 39.7 Å². The molecular formula is C11H12N4O2S2. The highest BCUT2D eigenvalue weighted by Crippen LogP contribution is 2.32. The summed E-state index contributed by atoms with van der Waals surface area (Å²) in [5.41, 5.74) is 0.723. The molecule has 0 saturated carbocycles. The number of fused-ring (bicyclic) bond motifs is 3. The lowest BCUT2D eigenvalue weighted by atomic mass is 10.1. The minimum Gasteiger partial charge on any atom is -0.337 e. The van der Waals surface area contributed by atoms with Crippen LogP contribution in [-0.4, -0.2) is 27.0 Å². The number of rotatable bonds is 0. The van der Waals surface area contributed by atoms with Gasteiger partial charge in [0.05, 0.1) is 11.9 Å². The van der Waals surface area contributed by atoms with Gasteiger partial charge in [0.15, 0.2) is 4.77 Å². The molecule has 3 heterocycles. The molecule has 3 N–H and O–H groups in total. The van der Waals surface area contributed by atoms with E-state index in [1.807, 2.05) is 0 Å². The van der Waals surface area contributed by atoms with Gasteiger partial charge in [-0.2, -0.15) is 4.68 Å². The molecule has 0 fully saturated rings. The average Bonchev–Trinajstić information content (AvgIpc) is 2.72. The molecule has 0 bridgehead atoms. The van der Waals surface area contributed by atoms with Gasteiger partial charge >= 0.3 is 0 Å². The lowest BCUT2D eigenvalue weighted by molar-refractivity contribution is -0.129. The van der Waals surface area contributed by atoms with Crippen LogP contribution >= 0.6 is 23.6 Å². The number of nitrogens with one attached hydrogen (secondary N) is 1. The van der Waals surface area contributed by atoms with Crippen LogP contribution in [0.15, 0.2) is 4.79 Å². The number of carbonyl (C=O) groups is 1. The molecule has 0 radical (unpaired) electrons. The molecule has 8 heteroatoms. The normalized spacial score (nSPS) is 14.7. The van der Waals surface area contributed by atoms with Crippen molar-refractivity contribution in [3.05, 3.63) is 25.6 Å². The molecular weight excluding hydrogens is 284 g/mol. The minimum atomic E-state index is -0.271. The van der Waals surface area contributed by atoms with Gasteiger partial charge in [-0.05, 0) is 24.2 Å². The van der Waals surface area contributed by atoms with Crippen LogP contribution in [0.1, 0.15) is 17.4 Å². The molecule has 1 aliphatic rings. The van der Waals surface area contributed by atoms with Crippen molar-refractivity contribution in [3.63, 3.8) is 0 Å². The van der Waals surface area contributed by atoms with Crippen LogP contribution in [0.3, 0.4) is 0 Å². The maximum atomic E-state index is 12.2. The van der Waals surface area contributed by atoms with Crippen LogP contribution in [0.2, 0.25) is 0 Å². The molecule has 0 aromatic carbocycles. The number of aromatic nitrogens is 2. The Labute approximate surface area is 117 Å². The van der Waals surface area contributed by atoms with E-state index in [4.69, 9.17) is 18.1 Å². The average molecular weight is 296 g/mol. The zero-order valence-electron chi connectivity index (χ0n) is 10.2. The van der Waals surface area contributed by atoms with Crippen LogP contribution in [0.4, 0.5) is 0 Å². The van der Waals surface area contributed by atoms with E-state index in [9.17, 15) is 9.59 Å². The van der Waals surface area contributed by atoms with E-state index in [0.29, 0.717) is 24.9 Å². The lowest BCUT2D eigenvalue weighted by Crippen LogP contribution is -2.34. The number of thiophene rings is 1. The number of carbonyl (C=O) groups excluding carboxylic acids is 1. The van der Waals surface area contributed by atoms with Crippen molar-refractivity contribution in [3.8, 4) is 0 Å². The van der Waals surface area contributed by atoms with Crippen LogP contribution in [0.5, 0.6) is 0 Å². The van der Waals surface area contributed by atoms with E-state index < -0.39 is 0 Å². The Bertz CT molecular complexity index is 801. The SMILES string of the molecule is CC(=O)N1CCc2c(sc3[nH]c(=S)n(N)c(=O)c23)C1. The number of hydrogen-bond acceptors (Lipinski definition) is 5. The fraction of sp³-hybridized carbons (Fsp3) is 0.364. The molecule has 19 heavy (non-hydrogen) atoms. The number of hydrogen-bond donors (Lipinski definition) is 2. The summed E-state index contributed by atoms with van der Waals surface area (Å²) in [5, 5.41) is 0.610. The summed E-state index contributed by atoms with van der Waals surface area (Å²) in [6.45, 7) is 2.74. The van der Waals surface area contributed by atoms with Gasteiger partial charge in [0.25, 0.3) is 5.56 Å². The molecule has 0 aliphatic carbocycles. The molecule has 3 rings (SSSR count). The third-order valence-corrected chi connectivity index (χ3v) is 4.81. The fourth-order valence-corrected chi connectivity index (χ4v) is 3.86. The number of aromatic amines is 1. The molecule has 0 atom stereocenters. The molecule has 1 aliphatic heterocycles. The summed E-state index contributed by atoms with van der Waals surface area (Å²) in [6.07, 6.45) is 0.675. The Hall–Kier alpha value is -1.67. The van der Waals surface area contributed by atoms with Gasteiger partial charge in [0.2, 0.25) is 5.91 Å². The van der Waals surface area contributed by atoms with Gasteiger partial charge in [-0.3, -0.25) is 9.59 Å². The summed E-state index contributed by atoms with van der Waals surface area (Å²) in [6, 6.07) is 0. The smallest absolute Gasteiger partial charge is 0.281 e. The zero-order valence-corrected chi connectivity index (χ0v) is 11.9. The Balaban J connectivity index is 2.26. The Morgan fingerprint density at radius 1 is 1.53 bits per heavy atom. The summed E-state index contributed by atoms with van der Waals surface area (Å²) in [4.78, 5) is 30.1. The summed E-state index contributed by atoms with van der Waals surface area (Å²) in [5.74, 6) is 5.67. The second kappa shape index (κ2) is 4.17. The first-order valence-electron chi connectivity index (χ1n) is 5.79. The standard InChI is InChI=1S/C11H12N4O2S2/c1-5(16)14-3-2-6-7(4-14)19-9-8(6)10(17)15(12)11(18)13-9/h2-4,12H2,1H3,(H,13,18). The molecule has 100 valence electrons. The zero-order chi connectivity index (χ0) is 13.7. The topological polar surface area (TPSA) is 84.1 Å². The van der Waals surface area contributed by atoms with Crippen LogP contribution in [0.25, 0.3) is 10.2 Å². The highest BCUT2D eigenvalue weighted by Gasteiger charge is 2.24. The molecule has 6 nitrogen and oxygen atoms in total. The van der Waals surface area contributed by atoms with Crippen molar-refractivity contribution in [1.82, 2.24) is 14.6 Å². The van der Waals surface area contributed by atoms with Gasteiger partial charge in [0.1, 0.15) is 4.83 Å². The van der Waals surface area contributed by atoms with Crippen molar-refractivity contribution in [2.75, 3.05) is 12.4 Å². The van der Waals surface area contributed by atoms with Crippen LogP contribution < -0.4 is 11.4 Å². The maximum absolute atomic E-state index is 12.2. The predicted molar refractivity (Wildman–Crippen MR) is 76.2 cm³/mol. The van der Waals surface area contributed by atoms with E-state index in [-0.39, 0.29) is 16.2 Å². The summed E-state index contributed by atoms with van der Waals surface area (Å²) in [7, 11) is 0. The van der Waals surface area contributed by atoms with Crippen molar-refractivity contribution < 1.29 is 4.79 Å². The van der Waals surface area contributed by atoms with E-state index in [0.717, 1.165) is 19.9 Å². The van der Waals surface area contributed by atoms with E-state index in [1.165, 1.54) is 11.3 Å². The van der Waals surface area contributed by atoms with E-state index in [1.54, 1.807) is 11.8 Å². The van der Waals surface area contributed by atoms with Gasteiger partial charge in [-0.25, -0.2) is 0 Å². The Morgan fingerprint density at radius 2 is 2.26 bits per heavy atom. The second-order valence-corrected chi connectivity index (χ2v) is 6.00. The van der Waals surface area contributed by atoms with Crippen LogP contribution in [0, 0.1) is 4.77 Å². The first-order chi connectivity index (χ1) is 8.99. The molecule has 0 unspecified atom stereocenters. The number of nitrogens with two attached hydrogens (primary N) is 1. The minimum absolute atomic E-state index is 0.0484. The largest absolute Gasteiger partial charge is 0.337 e. The molecule has 0 saturated heterocycles. The van der Waals surface area contributed by atoms with Crippen molar-refractivity contribution in [2.45, 2.75) is 19.9 Å². The van der Waals surface area contributed by atoms with Gasteiger partial charge in [0, 0.05) is 18.3 Å². The number of H-pyrrole nitrogens is 1. The number of amides is 1. The van der Waals surface area contributed by atoms with Crippen LogP contribution in [-0.2, 0) is 17.8 Å². The Kier molecular flexibility index (Phi) is 2.72. The van der Waals surface area contributed by atoms with Gasteiger partial charge in [-0.15, -0.1) is 11.3 Å². The lowest BCUT2D eigenvalue weighted by Gasteiger charge is -2.25. The molecule has 1 amide bonds. The van der Waals surface area contributed by atoms with Crippen molar-refractivity contribution in [1.29, 1.82) is 0 Å². The third-order valence-electron chi connectivity index (χ3n) is 3.37.